The Labute approximate surface area is 125 Å². The SMILES string of the molecule is CCOc1ccc(S(=O)(=O)Nc2ccc(CC)cc2)cc1. The number of benzene rings is 2. The first-order chi connectivity index (χ1) is 10.0. The molecule has 0 aliphatic heterocycles. The highest BCUT2D eigenvalue weighted by Gasteiger charge is 2.14. The molecule has 1 N–H and O–H groups in total. The second-order valence-electron chi connectivity index (χ2n) is 4.56. The molecule has 0 aromatic heterocycles. The van der Waals surface area contributed by atoms with Crippen LogP contribution in [0.1, 0.15) is 19.4 Å². The Hall–Kier alpha value is -2.01. The standard InChI is InChI=1S/C16H19NO3S/c1-3-13-5-7-14(8-6-13)17-21(18,19)16-11-9-15(10-12-16)20-4-2/h5-12,17H,3-4H2,1-2H3. The lowest BCUT2D eigenvalue weighted by Gasteiger charge is -2.09. The van der Waals surface area contributed by atoms with Gasteiger partial charge in [-0.25, -0.2) is 8.42 Å². The van der Waals surface area contributed by atoms with Crippen LogP contribution in [0.15, 0.2) is 53.4 Å². The fourth-order valence-electron chi connectivity index (χ4n) is 1.90. The van der Waals surface area contributed by atoms with Crippen molar-refractivity contribution in [3.8, 4) is 5.75 Å². The number of ether oxygens (including phenoxy) is 1. The summed E-state index contributed by atoms with van der Waals surface area (Å²) < 4.78 is 32.4. The van der Waals surface area contributed by atoms with Crippen molar-refractivity contribution in [2.24, 2.45) is 0 Å². The second-order valence-corrected chi connectivity index (χ2v) is 6.24. The topological polar surface area (TPSA) is 55.4 Å². The molecule has 0 aliphatic rings. The number of aryl methyl sites for hydroxylation is 1. The van der Waals surface area contributed by atoms with Crippen LogP contribution in [-0.2, 0) is 16.4 Å². The highest BCUT2D eigenvalue weighted by molar-refractivity contribution is 7.92. The molecule has 2 aromatic carbocycles. The van der Waals surface area contributed by atoms with Gasteiger partial charge in [0.2, 0.25) is 0 Å². The Morgan fingerprint density at radius 1 is 0.952 bits per heavy atom. The summed E-state index contributed by atoms with van der Waals surface area (Å²) in [4.78, 5) is 0.213. The van der Waals surface area contributed by atoms with Gasteiger partial charge in [-0.15, -0.1) is 0 Å². The molecule has 0 fully saturated rings. The maximum atomic E-state index is 12.3. The average Bonchev–Trinajstić information content (AvgIpc) is 2.48. The van der Waals surface area contributed by atoms with Gasteiger partial charge < -0.3 is 4.74 Å². The first-order valence-electron chi connectivity index (χ1n) is 6.89. The lowest BCUT2D eigenvalue weighted by molar-refractivity contribution is 0.340. The Kier molecular flexibility index (Phi) is 4.85. The van der Waals surface area contributed by atoms with Gasteiger partial charge in [-0.3, -0.25) is 4.72 Å². The Morgan fingerprint density at radius 2 is 1.57 bits per heavy atom. The van der Waals surface area contributed by atoms with Crippen LogP contribution >= 0.6 is 0 Å². The number of sulfonamides is 1. The molecule has 2 rings (SSSR count). The third-order valence-electron chi connectivity index (χ3n) is 3.06. The number of anilines is 1. The summed E-state index contributed by atoms with van der Waals surface area (Å²) in [6.07, 6.45) is 0.923. The van der Waals surface area contributed by atoms with E-state index >= 15 is 0 Å². The second kappa shape index (κ2) is 6.63. The lowest BCUT2D eigenvalue weighted by atomic mass is 10.2. The first-order valence-corrected chi connectivity index (χ1v) is 8.38. The summed E-state index contributed by atoms with van der Waals surface area (Å²) in [5.74, 6) is 0.656. The zero-order valence-corrected chi connectivity index (χ0v) is 13.0. The minimum absolute atomic E-state index is 0.213. The molecular weight excluding hydrogens is 286 g/mol. The summed E-state index contributed by atoms with van der Waals surface area (Å²) in [7, 11) is -3.57. The van der Waals surface area contributed by atoms with Crippen molar-refractivity contribution < 1.29 is 13.2 Å². The third kappa shape index (κ3) is 3.98. The van der Waals surface area contributed by atoms with Crippen molar-refractivity contribution in [1.82, 2.24) is 0 Å². The Balaban J connectivity index is 2.16. The van der Waals surface area contributed by atoms with E-state index in [1.807, 2.05) is 19.1 Å². The predicted molar refractivity (Wildman–Crippen MR) is 84.2 cm³/mol. The summed E-state index contributed by atoms with van der Waals surface area (Å²) in [5, 5.41) is 0. The van der Waals surface area contributed by atoms with Crippen molar-refractivity contribution in [3.05, 3.63) is 54.1 Å². The molecule has 0 saturated carbocycles. The van der Waals surface area contributed by atoms with E-state index in [0.29, 0.717) is 18.0 Å². The molecule has 4 nitrogen and oxygen atoms in total. The van der Waals surface area contributed by atoms with E-state index in [2.05, 4.69) is 11.6 Å². The van der Waals surface area contributed by atoms with Gasteiger partial charge in [0.15, 0.2) is 0 Å². The minimum Gasteiger partial charge on any atom is -0.494 e. The molecule has 0 saturated heterocycles. The molecule has 0 heterocycles. The van der Waals surface area contributed by atoms with Gasteiger partial charge in [0.05, 0.1) is 11.5 Å². The van der Waals surface area contributed by atoms with Gasteiger partial charge in [-0.1, -0.05) is 19.1 Å². The molecule has 112 valence electrons. The van der Waals surface area contributed by atoms with Crippen LogP contribution in [-0.4, -0.2) is 15.0 Å². The molecule has 0 amide bonds. The zero-order valence-electron chi connectivity index (χ0n) is 12.2. The van der Waals surface area contributed by atoms with Crippen LogP contribution in [0.4, 0.5) is 5.69 Å². The number of hydrogen-bond donors (Lipinski definition) is 1. The summed E-state index contributed by atoms with van der Waals surface area (Å²) in [6, 6.07) is 13.7. The molecular formula is C16H19NO3S. The third-order valence-corrected chi connectivity index (χ3v) is 4.46. The van der Waals surface area contributed by atoms with Crippen LogP contribution in [0, 0.1) is 0 Å². The fraction of sp³-hybridized carbons (Fsp3) is 0.250. The molecule has 0 atom stereocenters. The van der Waals surface area contributed by atoms with Gasteiger partial charge in [-0.2, -0.15) is 0 Å². The Morgan fingerprint density at radius 3 is 2.10 bits per heavy atom. The van der Waals surface area contributed by atoms with E-state index in [1.165, 1.54) is 17.7 Å². The molecule has 0 unspecified atom stereocenters. The van der Waals surface area contributed by atoms with Gasteiger partial charge in [0.25, 0.3) is 10.0 Å². The van der Waals surface area contributed by atoms with Crippen LogP contribution in [0.3, 0.4) is 0 Å². The van der Waals surface area contributed by atoms with Crippen molar-refractivity contribution in [3.63, 3.8) is 0 Å². The molecule has 0 spiro atoms. The van der Waals surface area contributed by atoms with Crippen molar-refractivity contribution in [1.29, 1.82) is 0 Å². The summed E-state index contributed by atoms with van der Waals surface area (Å²) in [5.41, 5.74) is 1.72. The first kappa shape index (κ1) is 15.4. The van der Waals surface area contributed by atoms with Crippen LogP contribution in [0.25, 0.3) is 0 Å². The van der Waals surface area contributed by atoms with Gasteiger partial charge in [0, 0.05) is 5.69 Å². The fourth-order valence-corrected chi connectivity index (χ4v) is 2.96. The highest BCUT2D eigenvalue weighted by Crippen LogP contribution is 2.19. The quantitative estimate of drug-likeness (QED) is 0.889. The van der Waals surface area contributed by atoms with E-state index in [1.54, 1.807) is 24.3 Å². The number of nitrogens with one attached hydrogen (secondary N) is 1. The van der Waals surface area contributed by atoms with Gasteiger partial charge in [-0.05, 0) is 55.3 Å². The van der Waals surface area contributed by atoms with Crippen LogP contribution in [0.5, 0.6) is 5.75 Å². The average molecular weight is 305 g/mol. The molecule has 21 heavy (non-hydrogen) atoms. The van der Waals surface area contributed by atoms with E-state index in [4.69, 9.17) is 4.74 Å². The van der Waals surface area contributed by atoms with Crippen LogP contribution in [0.2, 0.25) is 0 Å². The zero-order chi connectivity index (χ0) is 15.3. The molecule has 0 aliphatic carbocycles. The monoisotopic (exact) mass is 305 g/mol. The smallest absolute Gasteiger partial charge is 0.261 e. The van der Waals surface area contributed by atoms with E-state index in [9.17, 15) is 8.42 Å². The van der Waals surface area contributed by atoms with Crippen molar-refractivity contribution >= 4 is 15.7 Å². The normalized spacial score (nSPS) is 11.1. The maximum Gasteiger partial charge on any atom is 0.261 e. The number of rotatable bonds is 6. The molecule has 0 bridgehead atoms. The van der Waals surface area contributed by atoms with Crippen molar-refractivity contribution in [2.75, 3.05) is 11.3 Å². The highest BCUT2D eigenvalue weighted by atomic mass is 32.2. The predicted octanol–water partition coefficient (Wildman–Crippen LogP) is 3.45. The molecule has 2 aromatic rings. The van der Waals surface area contributed by atoms with Crippen LogP contribution < -0.4 is 9.46 Å². The van der Waals surface area contributed by atoms with Gasteiger partial charge in [0.1, 0.15) is 5.75 Å². The van der Waals surface area contributed by atoms with E-state index < -0.39 is 10.0 Å². The van der Waals surface area contributed by atoms with Gasteiger partial charge >= 0.3 is 0 Å². The van der Waals surface area contributed by atoms with E-state index in [-0.39, 0.29) is 4.90 Å². The molecule has 5 heteroatoms. The minimum atomic E-state index is -3.57. The molecule has 0 radical (unpaired) electrons. The Bertz CT molecular complexity index is 676. The van der Waals surface area contributed by atoms with Crippen molar-refractivity contribution in [2.45, 2.75) is 25.2 Å². The lowest BCUT2D eigenvalue weighted by Crippen LogP contribution is -2.12. The summed E-state index contributed by atoms with van der Waals surface area (Å²) >= 11 is 0. The maximum absolute atomic E-state index is 12.3. The largest absolute Gasteiger partial charge is 0.494 e. The summed E-state index contributed by atoms with van der Waals surface area (Å²) in [6.45, 7) is 4.49. The van der Waals surface area contributed by atoms with E-state index in [0.717, 1.165) is 6.42 Å². The number of hydrogen-bond acceptors (Lipinski definition) is 3.